The standard InChI is InChI=1S/C14H12O3/c15-14(17-16)13(11-7-3-1-4-8-11)12-9-5-2-6-10-12/h1-10,13,16H. The van der Waals surface area contributed by atoms with Crippen LogP contribution in [0.2, 0.25) is 0 Å². The van der Waals surface area contributed by atoms with Crippen LogP contribution in [0.4, 0.5) is 0 Å². The number of carbonyl (C=O) groups is 1. The second kappa shape index (κ2) is 5.27. The highest BCUT2D eigenvalue weighted by molar-refractivity contribution is 5.81. The average molecular weight is 228 g/mol. The molecule has 0 saturated carbocycles. The van der Waals surface area contributed by atoms with Crippen LogP contribution >= 0.6 is 0 Å². The molecule has 17 heavy (non-hydrogen) atoms. The minimum absolute atomic E-state index is 0.595. The molecule has 2 aromatic carbocycles. The van der Waals surface area contributed by atoms with Crippen molar-refractivity contribution >= 4 is 5.97 Å². The van der Waals surface area contributed by atoms with Gasteiger partial charge in [-0.3, -0.25) is 4.89 Å². The predicted molar refractivity (Wildman–Crippen MR) is 63.4 cm³/mol. The van der Waals surface area contributed by atoms with E-state index in [9.17, 15) is 4.79 Å². The van der Waals surface area contributed by atoms with E-state index < -0.39 is 11.9 Å². The molecule has 0 bridgehead atoms. The van der Waals surface area contributed by atoms with Gasteiger partial charge in [-0.2, -0.15) is 5.26 Å². The zero-order valence-electron chi connectivity index (χ0n) is 9.11. The molecule has 0 saturated heterocycles. The third-order valence-corrected chi connectivity index (χ3v) is 2.59. The number of rotatable bonds is 3. The van der Waals surface area contributed by atoms with Crippen molar-refractivity contribution in [1.82, 2.24) is 0 Å². The van der Waals surface area contributed by atoms with E-state index >= 15 is 0 Å². The number of carbonyl (C=O) groups excluding carboxylic acids is 1. The first-order valence-corrected chi connectivity index (χ1v) is 5.28. The normalized spacial score (nSPS) is 10.2. The maximum atomic E-state index is 11.6. The molecule has 0 radical (unpaired) electrons. The van der Waals surface area contributed by atoms with Crippen LogP contribution in [-0.4, -0.2) is 11.2 Å². The highest BCUT2D eigenvalue weighted by Gasteiger charge is 2.24. The molecule has 0 amide bonds. The first kappa shape index (κ1) is 11.4. The van der Waals surface area contributed by atoms with Crippen molar-refractivity contribution in [2.45, 2.75) is 5.92 Å². The van der Waals surface area contributed by atoms with E-state index in [1.807, 2.05) is 60.7 Å². The molecule has 86 valence electrons. The Morgan fingerprint density at radius 2 is 1.29 bits per heavy atom. The van der Waals surface area contributed by atoms with Gasteiger partial charge < -0.3 is 0 Å². The molecule has 0 unspecified atom stereocenters. The molecule has 3 heteroatoms. The fourth-order valence-electron chi connectivity index (χ4n) is 1.81. The van der Waals surface area contributed by atoms with Gasteiger partial charge in [0.2, 0.25) is 0 Å². The molecule has 0 aliphatic rings. The first-order chi connectivity index (χ1) is 8.33. The maximum Gasteiger partial charge on any atom is 0.353 e. The molecule has 2 rings (SSSR count). The SMILES string of the molecule is O=C(OO)C(c1ccccc1)c1ccccc1. The quantitative estimate of drug-likeness (QED) is 0.649. The Labute approximate surface area is 99.2 Å². The maximum absolute atomic E-state index is 11.6. The van der Waals surface area contributed by atoms with Crippen molar-refractivity contribution in [3.63, 3.8) is 0 Å². The van der Waals surface area contributed by atoms with Crippen LogP contribution in [-0.2, 0) is 9.68 Å². The Morgan fingerprint density at radius 1 is 0.882 bits per heavy atom. The van der Waals surface area contributed by atoms with E-state index in [1.165, 1.54) is 0 Å². The summed E-state index contributed by atoms with van der Waals surface area (Å²) >= 11 is 0. The van der Waals surface area contributed by atoms with Crippen LogP contribution in [0, 0.1) is 0 Å². The first-order valence-electron chi connectivity index (χ1n) is 5.28. The average Bonchev–Trinajstić information content (AvgIpc) is 2.41. The third-order valence-electron chi connectivity index (χ3n) is 2.59. The van der Waals surface area contributed by atoms with Gasteiger partial charge >= 0.3 is 5.97 Å². The molecule has 3 nitrogen and oxygen atoms in total. The van der Waals surface area contributed by atoms with Crippen LogP contribution in [0.25, 0.3) is 0 Å². The van der Waals surface area contributed by atoms with Gasteiger partial charge in [0, 0.05) is 0 Å². The molecule has 0 fully saturated rings. The topological polar surface area (TPSA) is 46.5 Å². The van der Waals surface area contributed by atoms with Gasteiger partial charge in [0.15, 0.2) is 0 Å². The van der Waals surface area contributed by atoms with Crippen LogP contribution < -0.4 is 0 Å². The summed E-state index contributed by atoms with van der Waals surface area (Å²) in [4.78, 5) is 15.5. The van der Waals surface area contributed by atoms with E-state index in [2.05, 4.69) is 4.89 Å². The molecule has 0 aromatic heterocycles. The van der Waals surface area contributed by atoms with Crippen LogP contribution in [0.3, 0.4) is 0 Å². The zero-order chi connectivity index (χ0) is 12.1. The highest BCUT2D eigenvalue weighted by atomic mass is 17.1. The van der Waals surface area contributed by atoms with Gasteiger partial charge in [-0.25, -0.2) is 4.79 Å². The lowest BCUT2D eigenvalue weighted by Crippen LogP contribution is -2.15. The largest absolute Gasteiger partial charge is 0.353 e. The van der Waals surface area contributed by atoms with Crippen molar-refractivity contribution < 1.29 is 14.9 Å². The van der Waals surface area contributed by atoms with Crippen molar-refractivity contribution in [2.24, 2.45) is 0 Å². The van der Waals surface area contributed by atoms with Gasteiger partial charge in [0.25, 0.3) is 0 Å². The molecule has 0 atom stereocenters. The molecule has 2 aromatic rings. The summed E-state index contributed by atoms with van der Waals surface area (Å²) in [7, 11) is 0. The van der Waals surface area contributed by atoms with E-state index in [0.717, 1.165) is 11.1 Å². The predicted octanol–water partition coefficient (Wildman–Crippen LogP) is 2.83. The van der Waals surface area contributed by atoms with Gasteiger partial charge in [-0.1, -0.05) is 60.7 Å². The number of hydrogen-bond donors (Lipinski definition) is 1. The summed E-state index contributed by atoms with van der Waals surface area (Å²) in [5.74, 6) is -1.27. The van der Waals surface area contributed by atoms with E-state index in [-0.39, 0.29) is 0 Å². The summed E-state index contributed by atoms with van der Waals surface area (Å²) in [6, 6.07) is 18.4. The minimum atomic E-state index is -0.678. The minimum Gasteiger partial charge on any atom is -0.300 e. The molecule has 0 heterocycles. The van der Waals surface area contributed by atoms with E-state index in [1.54, 1.807) is 0 Å². The summed E-state index contributed by atoms with van der Waals surface area (Å²) < 4.78 is 0. The molecular formula is C14H12O3. The summed E-state index contributed by atoms with van der Waals surface area (Å²) in [6.45, 7) is 0. The Balaban J connectivity index is 2.43. The second-order valence-corrected chi connectivity index (χ2v) is 3.66. The smallest absolute Gasteiger partial charge is 0.300 e. The van der Waals surface area contributed by atoms with Crippen molar-refractivity contribution in [3.8, 4) is 0 Å². The molecular weight excluding hydrogens is 216 g/mol. The molecule has 0 aliphatic heterocycles. The van der Waals surface area contributed by atoms with Crippen LogP contribution in [0.1, 0.15) is 17.0 Å². The highest BCUT2D eigenvalue weighted by Crippen LogP contribution is 2.25. The Morgan fingerprint density at radius 3 is 1.65 bits per heavy atom. The molecule has 0 spiro atoms. The fraction of sp³-hybridized carbons (Fsp3) is 0.0714. The Bertz CT molecular complexity index is 440. The Hall–Kier alpha value is -2.13. The number of benzene rings is 2. The summed E-state index contributed by atoms with van der Waals surface area (Å²) in [5.41, 5.74) is 1.58. The zero-order valence-corrected chi connectivity index (χ0v) is 9.11. The van der Waals surface area contributed by atoms with Crippen molar-refractivity contribution in [1.29, 1.82) is 0 Å². The Kier molecular flexibility index (Phi) is 3.52. The third kappa shape index (κ3) is 2.52. The van der Waals surface area contributed by atoms with Crippen molar-refractivity contribution in [3.05, 3.63) is 71.8 Å². The van der Waals surface area contributed by atoms with Gasteiger partial charge in [0.1, 0.15) is 5.92 Å². The lowest BCUT2D eigenvalue weighted by Gasteiger charge is -2.13. The summed E-state index contributed by atoms with van der Waals surface area (Å²) in [5, 5.41) is 8.58. The number of hydrogen-bond acceptors (Lipinski definition) is 3. The monoisotopic (exact) mass is 228 g/mol. The van der Waals surface area contributed by atoms with Gasteiger partial charge in [-0.15, -0.1) is 0 Å². The fourth-order valence-corrected chi connectivity index (χ4v) is 1.81. The van der Waals surface area contributed by atoms with E-state index in [4.69, 9.17) is 5.26 Å². The van der Waals surface area contributed by atoms with Crippen LogP contribution in [0.5, 0.6) is 0 Å². The van der Waals surface area contributed by atoms with Gasteiger partial charge in [0.05, 0.1) is 0 Å². The lowest BCUT2D eigenvalue weighted by atomic mass is 9.91. The molecule has 0 aliphatic carbocycles. The van der Waals surface area contributed by atoms with Crippen molar-refractivity contribution in [2.75, 3.05) is 0 Å². The lowest BCUT2D eigenvalue weighted by molar-refractivity contribution is -0.235. The van der Waals surface area contributed by atoms with Crippen LogP contribution in [0.15, 0.2) is 60.7 Å². The second-order valence-electron chi connectivity index (χ2n) is 3.66. The van der Waals surface area contributed by atoms with Gasteiger partial charge in [-0.05, 0) is 11.1 Å². The van der Waals surface area contributed by atoms with E-state index in [0.29, 0.717) is 0 Å². The molecule has 1 N–H and O–H groups in total. The summed E-state index contributed by atoms with van der Waals surface area (Å²) in [6.07, 6.45) is 0.